The van der Waals surface area contributed by atoms with Crippen molar-refractivity contribution in [2.24, 2.45) is 0 Å². The summed E-state index contributed by atoms with van der Waals surface area (Å²) in [6.07, 6.45) is -2.50. The molecule has 28 heavy (non-hydrogen) atoms. The number of hydrogen-bond acceptors (Lipinski definition) is 7. The molecule has 1 heterocycles. The first-order chi connectivity index (χ1) is 13.3. The van der Waals surface area contributed by atoms with Crippen molar-refractivity contribution in [3.63, 3.8) is 0 Å². The van der Waals surface area contributed by atoms with Crippen molar-refractivity contribution >= 4 is 12.1 Å². The van der Waals surface area contributed by atoms with E-state index in [4.69, 9.17) is 23.7 Å². The van der Waals surface area contributed by atoms with Gasteiger partial charge in [0.15, 0.2) is 11.8 Å². The fourth-order valence-corrected chi connectivity index (χ4v) is 3.16. The Kier molecular flexibility index (Phi) is 7.79. The number of alkyl carbamates (subject to hydrolysis) is 1. The second-order valence-electron chi connectivity index (χ2n) is 6.94. The Labute approximate surface area is 165 Å². The molecule has 1 aromatic carbocycles. The summed E-state index contributed by atoms with van der Waals surface area (Å²) in [4.78, 5) is 24.8. The number of esters is 1. The van der Waals surface area contributed by atoms with Crippen molar-refractivity contribution in [2.75, 3.05) is 13.7 Å². The van der Waals surface area contributed by atoms with Crippen molar-refractivity contribution in [1.82, 2.24) is 5.32 Å². The molecule has 0 aliphatic carbocycles. The minimum absolute atomic E-state index is 0.0757. The number of carbonyl (C=O) groups excluding carboxylic acids is 2. The first-order valence-corrected chi connectivity index (χ1v) is 9.29. The Hall–Kier alpha value is -2.16. The molecule has 0 unspecified atom stereocenters. The summed E-state index contributed by atoms with van der Waals surface area (Å²) in [5.74, 6) is -1.46. The number of nitrogens with one attached hydrogen (secondary N) is 1. The molecule has 0 aromatic heterocycles. The molecule has 1 N–H and O–H groups in total. The van der Waals surface area contributed by atoms with Gasteiger partial charge in [-0.05, 0) is 33.3 Å². The lowest BCUT2D eigenvalue weighted by Gasteiger charge is -2.30. The van der Waals surface area contributed by atoms with Gasteiger partial charge in [-0.3, -0.25) is 0 Å². The highest BCUT2D eigenvalue weighted by Gasteiger charge is 2.48. The van der Waals surface area contributed by atoms with E-state index < -0.39 is 36.1 Å². The molecule has 1 aliphatic heterocycles. The van der Waals surface area contributed by atoms with Crippen LogP contribution in [-0.2, 0) is 35.1 Å². The van der Waals surface area contributed by atoms with Crippen molar-refractivity contribution in [3.8, 4) is 0 Å². The Morgan fingerprint density at radius 1 is 1.18 bits per heavy atom. The van der Waals surface area contributed by atoms with E-state index in [1.165, 1.54) is 7.11 Å². The molecule has 1 aliphatic rings. The number of amides is 1. The van der Waals surface area contributed by atoms with Crippen LogP contribution in [0.25, 0.3) is 0 Å². The third kappa shape index (κ3) is 5.92. The van der Waals surface area contributed by atoms with Crippen molar-refractivity contribution < 1.29 is 33.3 Å². The highest BCUT2D eigenvalue weighted by molar-refractivity contribution is 5.82. The van der Waals surface area contributed by atoms with E-state index in [1.807, 2.05) is 37.3 Å². The van der Waals surface area contributed by atoms with Gasteiger partial charge in [-0.1, -0.05) is 30.3 Å². The largest absolute Gasteiger partial charge is 0.464 e. The summed E-state index contributed by atoms with van der Waals surface area (Å²) in [7, 11) is 1.44. The van der Waals surface area contributed by atoms with Gasteiger partial charge in [0.1, 0.15) is 18.8 Å². The minimum atomic E-state index is -1.11. The van der Waals surface area contributed by atoms with Gasteiger partial charge in [-0.25, -0.2) is 9.59 Å². The van der Waals surface area contributed by atoms with Crippen LogP contribution in [0.5, 0.6) is 0 Å². The zero-order chi connectivity index (χ0) is 20.7. The molecule has 156 valence electrons. The van der Waals surface area contributed by atoms with Crippen LogP contribution < -0.4 is 5.32 Å². The highest BCUT2D eigenvalue weighted by atomic mass is 16.8. The molecular formula is C20H29NO7. The summed E-state index contributed by atoms with van der Waals surface area (Å²) in [6, 6.07) is 8.12. The summed E-state index contributed by atoms with van der Waals surface area (Å²) in [5, 5.41) is 2.55. The zero-order valence-corrected chi connectivity index (χ0v) is 17.0. The molecule has 0 bridgehead atoms. The fourth-order valence-electron chi connectivity index (χ4n) is 3.16. The Morgan fingerprint density at radius 2 is 1.86 bits per heavy atom. The molecule has 0 radical (unpaired) electrons. The predicted octanol–water partition coefficient (Wildman–Crippen LogP) is 2.40. The number of ether oxygens (including phenoxy) is 5. The van der Waals surface area contributed by atoms with Crippen molar-refractivity contribution in [2.45, 2.75) is 64.4 Å². The summed E-state index contributed by atoms with van der Waals surface area (Å²) >= 11 is 0. The number of methoxy groups -OCH3 is 1. The van der Waals surface area contributed by atoms with Crippen molar-refractivity contribution in [3.05, 3.63) is 35.9 Å². The van der Waals surface area contributed by atoms with Gasteiger partial charge in [0.25, 0.3) is 0 Å². The smallest absolute Gasteiger partial charge is 0.408 e. The molecule has 1 saturated heterocycles. The normalized spacial score (nSPS) is 22.9. The monoisotopic (exact) mass is 395 g/mol. The number of benzene rings is 1. The first-order valence-electron chi connectivity index (χ1n) is 9.29. The molecule has 0 spiro atoms. The first kappa shape index (κ1) is 22.1. The minimum Gasteiger partial charge on any atom is -0.464 e. The van der Waals surface area contributed by atoms with Crippen LogP contribution >= 0.6 is 0 Å². The van der Waals surface area contributed by atoms with Crippen LogP contribution in [0.4, 0.5) is 4.79 Å². The number of rotatable bonds is 8. The lowest BCUT2D eigenvalue weighted by molar-refractivity contribution is -0.167. The lowest BCUT2D eigenvalue weighted by Crippen LogP contribution is -2.56. The van der Waals surface area contributed by atoms with Gasteiger partial charge >= 0.3 is 12.1 Å². The molecule has 1 fully saturated rings. The molecule has 0 saturated carbocycles. The van der Waals surface area contributed by atoms with Gasteiger partial charge < -0.3 is 29.0 Å². The van der Waals surface area contributed by atoms with Crippen LogP contribution in [0.2, 0.25) is 0 Å². The van der Waals surface area contributed by atoms with Gasteiger partial charge in [0, 0.05) is 7.11 Å². The van der Waals surface area contributed by atoms with E-state index in [0.29, 0.717) is 0 Å². The molecule has 1 amide bonds. The van der Waals surface area contributed by atoms with E-state index in [0.717, 1.165) is 5.56 Å². The Morgan fingerprint density at radius 3 is 2.39 bits per heavy atom. The number of carbonyl (C=O) groups is 2. The second kappa shape index (κ2) is 9.86. The van der Waals surface area contributed by atoms with Crippen LogP contribution in [-0.4, -0.2) is 55.9 Å². The van der Waals surface area contributed by atoms with Gasteiger partial charge in [-0.15, -0.1) is 0 Å². The number of hydrogen-bond donors (Lipinski definition) is 1. The third-order valence-electron chi connectivity index (χ3n) is 4.30. The SMILES string of the molecule is CCOC(=O)[C@H](NC(=O)OCc1ccccc1)[C@@H](OC)[C@H]1OC(C)(C)O[C@@H]1C. The molecule has 2 rings (SSSR count). The third-order valence-corrected chi connectivity index (χ3v) is 4.30. The van der Waals surface area contributed by atoms with E-state index in [2.05, 4.69) is 5.32 Å². The van der Waals surface area contributed by atoms with E-state index in [9.17, 15) is 9.59 Å². The van der Waals surface area contributed by atoms with Crippen LogP contribution in [0.3, 0.4) is 0 Å². The van der Waals surface area contributed by atoms with E-state index in [1.54, 1.807) is 20.8 Å². The maximum Gasteiger partial charge on any atom is 0.408 e. The molecule has 8 heteroatoms. The quantitative estimate of drug-likeness (QED) is 0.676. The maximum absolute atomic E-state index is 12.5. The lowest BCUT2D eigenvalue weighted by atomic mass is 10.0. The second-order valence-corrected chi connectivity index (χ2v) is 6.94. The molecule has 4 atom stereocenters. The summed E-state index contributed by atoms with van der Waals surface area (Å²) in [5.41, 5.74) is 0.830. The average Bonchev–Trinajstić information content (AvgIpc) is 2.93. The van der Waals surface area contributed by atoms with Gasteiger partial charge in [0.2, 0.25) is 0 Å². The standard InChI is InChI=1S/C20H29NO7/c1-6-25-18(22)15(17(24-5)16-13(2)27-20(3,4)28-16)21-19(23)26-12-14-10-8-7-9-11-14/h7-11,13,15-17H,6,12H2,1-5H3,(H,21,23)/t13-,15-,16+,17-/m1/s1. The van der Waals surface area contributed by atoms with Gasteiger partial charge in [0.05, 0.1) is 12.7 Å². The van der Waals surface area contributed by atoms with E-state index in [-0.39, 0.29) is 19.3 Å². The Bertz CT molecular complexity index is 649. The fraction of sp³-hybridized carbons (Fsp3) is 0.600. The summed E-state index contributed by atoms with van der Waals surface area (Å²) < 4.78 is 27.5. The maximum atomic E-state index is 12.5. The molecular weight excluding hydrogens is 366 g/mol. The van der Waals surface area contributed by atoms with Crippen LogP contribution in [0.1, 0.15) is 33.3 Å². The zero-order valence-electron chi connectivity index (χ0n) is 17.0. The van der Waals surface area contributed by atoms with E-state index >= 15 is 0 Å². The van der Waals surface area contributed by atoms with Crippen LogP contribution in [0, 0.1) is 0 Å². The molecule has 1 aromatic rings. The topological polar surface area (TPSA) is 92.3 Å². The molecule has 8 nitrogen and oxygen atoms in total. The van der Waals surface area contributed by atoms with Crippen molar-refractivity contribution in [1.29, 1.82) is 0 Å². The average molecular weight is 395 g/mol. The summed E-state index contributed by atoms with van der Waals surface area (Å²) in [6.45, 7) is 7.29. The van der Waals surface area contributed by atoms with Gasteiger partial charge in [-0.2, -0.15) is 0 Å². The Balaban J connectivity index is 2.09. The van der Waals surface area contributed by atoms with Crippen LogP contribution in [0.15, 0.2) is 30.3 Å². The predicted molar refractivity (Wildman–Crippen MR) is 100 cm³/mol. The highest BCUT2D eigenvalue weighted by Crippen LogP contribution is 2.31.